The molecule has 1 unspecified atom stereocenters. The third kappa shape index (κ3) is 16.2. The van der Waals surface area contributed by atoms with Crippen LogP contribution in [0, 0.1) is 6.92 Å². The number of alkyl halides is 6. The van der Waals surface area contributed by atoms with Gasteiger partial charge in [0, 0.05) is 89.7 Å². The summed E-state index contributed by atoms with van der Waals surface area (Å²) in [5.41, 5.74) is 2.32. The molecular weight excluding hydrogens is 927 g/mol. The Balaban J connectivity index is 0.924. The number of piperazine rings is 1. The highest BCUT2D eigenvalue weighted by atomic mass is 19.4. The summed E-state index contributed by atoms with van der Waals surface area (Å²) in [5, 5.41) is 2.60. The van der Waals surface area contributed by atoms with Gasteiger partial charge in [-0.25, -0.2) is 4.98 Å². The molecule has 0 radical (unpaired) electrons. The number of rotatable bonds is 25. The molecule has 4 aromatic rings. The standard InChI is InChI=1S/C53H68F6N8O4/c1-5-10-47(37-68)64(4)48-19-18-41(31-49(48)63(3)38-69)11-9-27-70-29-30-71-28-26-65-22-24-66(25-23-65)36-42-16-14-40(15-17-42)20-21-67(46-12-7-6-8-13-46)50-39(2)35-60-51(62-50)61-45-33-43(52(54,55)56)32-44(34-45)53(57,58)59/h14-21,31-35,37-38,46-47H,5-13,22-30,36H2,1-4H3,(H,60,61,62)/b21-20+. The van der Waals surface area contributed by atoms with Gasteiger partial charge in [-0.05, 0) is 92.1 Å². The number of nitrogens with zero attached hydrogens (tertiary/aromatic N) is 7. The number of aldehydes is 1. The molecule has 6 rings (SSSR count). The second-order valence-electron chi connectivity index (χ2n) is 18.5. The summed E-state index contributed by atoms with van der Waals surface area (Å²) in [6, 6.07) is 15.6. The number of amides is 1. The zero-order valence-corrected chi connectivity index (χ0v) is 41.3. The van der Waals surface area contributed by atoms with Crippen molar-refractivity contribution in [3.63, 3.8) is 0 Å². The molecule has 1 aromatic heterocycles. The van der Waals surface area contributed by atoms with Crippen LogP contribution in [0.5, 0.6) is 0 Å². The van der Waals surface area contributed by atoms with Crippen LogP contribution in [0.15, 0.2) is 73.1 Å². The number of hydrogen-bond donors (Lipinski definition) is 1. The van der Waals surface area contributed by atoms with Crippen molar-refractivity contribution in [2.75, 3.05) is 93.3 Å². The van der Waals surface area contributed by atoms with Crippen molar-refractivity contribution in [3.8, 4) is 0 Å². The zero-order valence-electron chi connectivity index (χ0n) is 41.3. The van der Waals surface area contributed by atoms with Crippen molar-refractivity contribution in [2.24, 2.45) is 0 Å². The third-order valence-electron chi connectivity index (χ3n) is 13.2. The van der Waals surface area contributed by atoms with E-state index in [1.165, 1.54) is 11.8 Å². The Kier molecular flexibility index (Phi) is 20.2. The van der Waals surface area contributed by atoms with Crippen LogP contribution in [-0.2, 0) is 44.4 Å². The maximum atomic E-state index is 13.6. The molecule has 18 heteroatoms. The van der Waals surface area contributed by atoms with Crippen molar-refractivity contribution >= 4 is 47.6 Å². The van der Waals surface area contributed by atoms with Crippen LogP contribution in [0.2, 0.25) is 0 Å². The van der Waals surface area contributed by atoms with Crippen molar-refractivity contribution in [1.29, 1.82) is 0 Å². The van der Waals surface area contributed by atoms with Gasteiger partial charge in [0.2, 0.25) is 12.4 Å². The smallest absolute Gasteiger partial charge is 0.379 e. The molecule has 0 bridgehead atoms. The maximum Gasteiger partial charge on any atom is 0.416 e. The fraction of sp³-hybridized carbons (Fsp3) is 0.509. The maximum absolute atomic E-state index is 13.6. The Morgan fingerprint density at radius 1 is 0.803 bits per heavy atom. The lowest BCUT2D eigenvalue weighted by molar-refractivity contribution is -0.143. The Labute approximate surface area is 414 Å². The molecule has 2 fully saturated rings. The van der Waals surface area contributed by atoms with E-state index in [0.717, 1.165) is 132 Å². The fourth-order valence-corrected chi connectivity index (χ4v) is 9.05. The minimum Gasteiger partial charge on any atom is -0.379 e. The Hall–Kier alpha value is -5.56. The van der Waals surface area contributed by atoms with Crippen LogP contribution in [0.4, 0.5) is 55.2 Å². The third-order valence-corrected chi connectivity index (χ3v) is 13.2. The molecule has 1 amide bonds. The summed E-state index contributed by atoms with van der Waals surface area (Å²) < 4.78 is 93.2. The molecule has 1 saturated carbocycles. The summed E-state index contributed by atoms with van der Waals surface area (Å²) >= 11 is 0. The van der Waals surface area contributed by atoms with Crippen LogP contribution in [0.3, 0.4) is 0 Å². The van der Waals surface area contributed by atoms with E-state index in [1.54, 1.807) is 11.9 Å². The van der Waals surface area contributed by atoms with Gasteiger partial charge in [-0.15, -0.1) is 0 Å². The van der Waals surface area contributed by atoms with Gasteiger partial charge in [-0.2, -0.15) is 31.3 Å². The molecule has 1 aliphatic carbocycles. The predicted octanol–water partition coefficient (Wildman–Crippen LogP) is 10.6. The molecule has 1 N–H and O–H groups in total. The van der Waals surface area contributed by atoms with Crippen molar-refractivity contribution in [1.82, 2.24) is 19.8 Å². The van der Waals surface area contributed by atoms with Gasteiger partial charge < -0.3 is 34.3 Å². The summed E-state index contributed by atoms with van der Waals surface area (Å²) in [6.07, 6.45) is 5.48. The Bertz CT molecular complexity index is 2300. The van der Waals surface area contributed by atoms with E-state index in [1.807, 2.05) is 56.3 Å². The number of aromatic nitrogens is 2. The van der Waals surface area contributed by atoms with Gasteiger partial charge in [-0.3, -0.25) is 14.6 Å². The van der Waals surface area contributed by atoms with E-state index in [-0.39, 0.29) is 24.1 Å². The number of aryl methyl sites for hydroxylation is 2. The van der Waals surface area contributed by atoms with E-state index in [4.69, 9.17) is 9.47 Å². The summed E-state index contributed by atoms with van der Waals surface area (Å²) in [6.45, 7) is 11.6. The number of hydrogen-bond acceptors (Lipinski definition) is 11. The Morgan fingerprint density at radius 2 is 1.45 bits per heavy atom. The molecule has 12 nitrogen and oxygen atoms in total. The van der Waals surface area contributed by atoms with E-state index in [2.05, 4.69) is 54.2 Å². The normalized spacial score (nSPS) is 15.7. The van der Waals surface area contributed by atoms with Crippen molar-refractivity contribution in [2.45, 2.75) is 103 Å². The van der Waals surface area contributed by atoms with Gasteiger partial charge in [0.25, 0.3) is 0 Å². The topological polar surface area (TPSA) is 107 Å². The Morgan fingerprint density at radius 3 is 2.08 bits per heavy atom. The first-order valence-corrected chi connectivity index (χ1v) is 24.6. The first-order valence-electron chi connectivity index (χ1n) is 24.6. The highest BCUT2D eigenvalue weighted by Crippen LogP contribution is 2.39. The van der Waals surface area contributed by atoms with E-state index < -0.39 is 29.2 Å². The predicted molar refractivity (Wildman–Crippen MR) is 267 cm³/mol. The van der Waals surface area contributed by atoms with Gasteiger partial charge in [0.15, 0.2) is 0 Å². The number of benzene rings is 3. The first kappa shape index (κ1) is 54.8. The molecule has 1 atom stereocenters. The van der Waals surface area contributed by atoms with Gasteiger partial charge in [0.05, 0.1) is 48.4 Å². The van der Waals surface area contributed by atoms with Gasteiger partial charge >= 0.3 is 12.4 Å². The second-order valence-corrected chi connectivity index (χ2v) is 18.5. The average Bonchev–Trinajstić information content (AvgIpc) is 3.36. The molecule has 0 spiro atoms. The highest BCUT2D eigenvalue weighted by molar-refractivity contribution is 5.85. The van der Waals surface area contributed by atoms with E-state index >= 15 is 0 Å². The molecule has 71 heavy (non-hydrogen) atoms. The van der Waals surface area contributed by atoms with E-state index in [9.17, 15) is 35.9 Å². The van der Waals surface area contributed by atoms with Gasteiger partial charge in [0.1, 0.15) is 12.1 Å². The molecule has 386 valence electrons. The number of nitrogens with one attached hydrogen (secondary N) is 1. The molecular formula is C53H68F6N8O4. The monoisotopic (exact) mass is 995 g/mol. The van der Waals surface area contributed by atoms with Crippen LogP contribution < -0.4 is 20.0 Å². The van der Waals surface area contributed by atoms with Crippen LogP contribution in [-0.4, -0.2) is 118 Å². The number of carbonyl (C=O) groups is 2. The number of likely N-dealkylation sites (N-methyl/N-ethyl adjacent to an activating group) is 1. The molecule has 2 heterocycles. The first-order chi connectivity index (χ1) is 34.1. The summed E-state index contributed by atoms with van der Waals surface area (Å²) in [5.74, 6) is 0.411. The summed E-state index contributed by atoms with van der Waals surface area (Å²) in [4.78, 5) is 42.6. The quantitative estimate of drug-likeness (QED) is 0.0390. The second kappa shape index (κ2) is 26.2. The average molecular weight is 995 g/mol. The zero-order chi connectivity index (χ0) is 51.0. The van der Waals surface area contributed by atoms with Crippen molar-refractivity contribution in [3.05, 3.63) is 106 Å². The SMILES string of the molecule is CCCC(C=O)N(C)c1ccc(CCCOCCOCCN2CCN(Cc3ccc(/C=C/N(c4nc(Nc5cc(C(F)(F)F)cc(C(F)(F)F)c5)ncc4C)C4CCCCC4)cc3)CC2)cc1N(C)C=O. The number of anilines is 5. The fourth-order valence-electron chi connectivity index (χ4n) is 9.05. The number of halogens is 6. The lowest BCUT2D eigenvalue weighted by Gasteiger charge is -2.34. The summed E-state index contributed by atoms with van der Waals surface area (Å²) in [7, 11) is 3.61. The molecule has 2 aliphatic rings. The van der Waals surface area contributed by atoms with Crippen molar-refractivity contribution < 1.29 is 45.4 Å². The lowest BCUT2D eigenvalue weighted by Crippen LogP contribution is -2.46. The number of carbonyl (C=O) groups excluding carboxylic acids is 2. The minimum atomic E-state index is -4.98. The highest BCUT2D eigenvalue weighted by Gasteiger charge is 2.37. The largest absolute Gasteiger partial charge is 0.416 e. The van der Waals surface area contributed by atoms with Crippen LogP contribution in [0.1, 0.15) is 91.7 Å². The molecule has 1 aliphatic heterocycles. The van der Waals surface area contributed by atoms with Crippen LogP contribution in [0.25, 0.3) is 6.08 Å². The molecule has 1 saturated heterocycles. The lowest BCUT2D eigenvalue weighted by atomic mass is 9.94. The molecule has 3 aromatic carbocycles. The van der Waals surface area contributed by atoms with Crippen LogP contribution >= 0.6 is 0 Å². The minimum absolute atomic E-state index is 0.0936. The van der Waals surface area contributed by atoms with E-state index in [0.29, 0.717) is 49.9 Å². The van der Waals surface area contributed by atoms with Gasteiger partial charge in [-0.1, -0.05) is 62.9 Å². The number of ether oxygens (including phenoxy) is 2.